The van der Waals surface area contributed by atoms with Crippen molar-refractivity contribution in [2.75, 3.05) is 0 Å². The lowest BCUT2D eigenvalue weighted by Crippen LogP contribution is -2.13. The highest BCUT2D eigenvalue weighted by molar-refractivity contribution is 7.23. The summed E-state index contributed by atoms with van der Waals surface area (Å²) in [6.45, 7) is 0. The molecule has 3 nitrogen and oxygen atoms in total. The largest absolute Gasteiger partial charge is 0.353 e. The first-order chi connectivity index (χ1) is 6.86. The zero-order valence-corrected chi connectivity index (χ0v) is 7.99. The SMILES string of the molecule is O=c1nccc2sc3ccccc3n12. The Morgan fingerprint density at radius 3 is 3.00 bits per heavy atom. The molecule has 0 saturated heterocycles. The fourth-order valence-electron chi connectivity index (χ4n) is 1.53. The Kier molecular flexibility index (Phi) is 1.46. The van der Waals surface area contributed by atoms with E-state index in [2.05, 4.69) is 4.98 Å². The summed E-state index contributed by atoms with van der Waals surface area (Å²) in [5.74, 6) is 0. The third-order valence-corrected chi connectivity index (χ3v) is 3.23. The Balaban J connectivity index is 2.73. The number of thiazole rings is 1. The molecule has 0 amide bonds. The van der Waals surface area contributed by atoms with Crippen LogP contribution in [0.4, 0.5) is 0 Å². The third kappa shape index (κ3) is 0.914. The molecule has 14 heavy (non-hydrogen) atoms. The van der Waals surface area contributed by atoms with Gasteiger partial charge < -0.3 is 0 Å². The normalized spacial score (nSPS) is 11.1. The Hall–Kier alpha value is -1.68. The van der Waals surface area contributed by atoms with E-state index in [0.717, 1.165) is 15.0 Å². The Bertz CT molecular complexity index is 668. The molecule has 2 heterocycles. The van der Waals surface area contributed by atoms with Gasteiger partial charge in [0.25, 0.3) is 0 Å². The Labute approximate surface area is 83.3 Å². The molecule has 0 fully saturated rings. The van der Waals surface area contributed by atoms with Gasteiger partial charge in [0, 0.05) is 6.20 Å². The Morgan fingerprint density at radius 2 is 2.07 bits per heavy atom. The van der Waals surface area contributed by atoms with E-state index in [1.807, 2.05) is 30.3 Å². The smallest absolute Gasteiger partial charge is 0.250 e. The molecule has 0 N–H and O–H groups in total. The topological polar surface area (TPSA) is 34.4 Å². The van der Waals surface area contributed by atoms with Crippen molar-refractivity contribution in [2.24, 2.45) is 0 Å². The van der Waals surface area contributed by atoms with Gasteiger partial charge >= 0.3 is 5.69 Å². The van der Waals surface area contributed by atoms with Crippen molar-refractivity contribution < 1.29 is 0 Å². The molecule has 68 valence electrons. The van der Waals surface area contributed by atoms with Crippen LogP contribution in [0.25, 0.3) is 15.0 Å². The highest BCUT2D eigenvalue weighted by Gasteiger charge is 2.04. The van der Waals surface area contributed by atoms with Crippen LogP contribution < -0.4 is 5.69 Å². The van der Waals surface area contributed by atoms with Crippen molar-refractivity contribution in [1.82, 2.24) is 9.38 Å². The first-order valence-corrected chi connectivity index (χ1v) is 5.03. The minimum Gasteiger partial charge on any atom is -0.250 e. The van der Waals surface area contributed by atoms with Gasteiger partial charge in [0.1, 0.15) is 4.83 Å². The molecule has 3 aromatic rings. The minimum absolute atomic E-state index is 0.208. The highest BCUT2D eigenvalue weighted by atomic mass is 32.1. The summed E-state index contributed by atoms with van der Waals surface area (Å²) in [4.78, 5) is 16.2. The second-order valence-electron chi connectivity index (χ2n) is 2.97. The molecular formula is C10H6N2OS. The van der Waals surface area contributed by atoms with Gasteiger partial charge in [0.2, 0.25) is 0 Å². The van der Waals surface area contributed by atoms with E-state index in [1.165, 1.54) is 0 Å². The quantitative estimate of drug-likeness (QED) is 0.558. The van der Waals surface area contributed by atoms with Crippen molar-refractivity contribution >= 4 is 26.4 Å². The molecule has 0 saturated carbocycles. The minimum atomic E-state index is -0.208. The zero-order valence-electron chi connectivity index (χ0n) is 7.18. The van der Waals surface area contributed by atoms with Gasteiger partial charge in [-0.05, 0) is 18.2 Å². The van der Waals surface area contributed by atoms with Crippen molar-refractivity contribution in [2.45, 2.75) is 0 Å². The first kappa shape index (κ1) is 7.70. The summed E-state index contributed by atoms with van der Waals surface area (Å²) >= 11 is 1.60. The van der Waals surface area contributed by atoms with Gasteiger partial charge in [0.15, 0.2) is 0 Å². The van der Waals surface area contributed by atoms with Crippen LogP contribution in [0.5, 0.6) is 0 Å². The van der Waals surface area contributed by atoms with Crippen LogP contribution in [-0.4, -0.2) is 9.38 Å². The standard InChI is InChI=1S/C10H6N2OS/c13-10-11-6-5-9-12(10)7-3-1-2-4-8(7)14-9/h1-6H. The second kappa shape index (κ2) is 2.65. The van der Waals surface area contributed by atoms with Crippen LogP contribution >= 0.6 is 11.3 Å². The summed E-state index contributed by atoms with van der Waals surface area (Å²) < 4.78 is 2.75. The first-order valence-electron chi connectivity index (χ1n) is 4.21. The third-order valence-electron chi connectivity index (χ3n) is 2.13. The van der Waals surface area contributed by atoms with E-state index < -0.39 is 0 Å². The van der Waals surface area contributed by atoms with Gasteiger partial charge in [-0.15, -0.1) is 11.3 Å². The number of para-hydroxylation sites is 1. The van der Waals surface area contributed by atoms with Gasteiger partial charge in [-0.2, -0.15) is 0 Å². The van der Waals surface area contributed by atoms with Crippen molar-refractivity contribution in [3.63, 3.8) is 0 Å². The molecule has 1 aromatic carbocycles. The molecule has 3 rings (SSSR count). The predicted molar refractivity (Wildman–Crippen MR) is 56.8 cm³/mol. The van der Waals surface area contributed by atoms with Crippen molar-refractivity contribution in [1.29, 1.82) is 0 Å². The maximum atomic E-state index is 11.5. The number of rotatable bonds is 0. The summed E-state index contributed by atoms with van der Waals surface area (Å²) in [7, 11) is 0. The van der Waals surface area contributed by atoms with Crippen molar-refractivity contribution in [3.05, 3.63) is 47.0 Å². The van der Waals surface area contributed by atoms with Gasteiger partial charge in [0.05, 0.1) is 10.2 Å². The molecule has 0 bridgehead atoms. The van der Waals surface area contributed by atoms with Gasteiger partial charge in [-0.1, -0.05) is 12.1 Å². The maximum Gasteiger partial charge on any atom is 0.353 e. The molecule has 0 aliphatic rings. The molecule has 0 atom stereocenters. The summed E-state index contributed by atoms with van der Waals surface area (Å²) in [6.07, 6.45) is 1.55. The fourth-order valence-corrected chi connectivity index (χ4v) is 2.57. The predicted octanol–water partition coefficient (Wildman–Crippen LogP) is 1.91. The number of nitrogens with zero attached hydrogens (tertiary/aromatic N) is 2. The average molecular weight is 202 g/mol. The van der Waals surface area contributed by atoms with Crippen LogP contribution in [0.2, 0.25) is 0 Å². The van der Waals surface area contributed by atoms with Crippen LogP contribution in [0, 0.1) is 0 Å². The van der Waals surface area contributed by atoms with Crippen LogP contribution in [0.1, 0.15) is 0 Å². The summed E-state index contributed by atoms with van der Waals surface area (Å²) in [5, 5.41) is 0. The molecule has 2 aromatic heterocycles. The van der Waals surface area contributed by atoms with E-state index in [9.17, 15) is 4.79 Å². The molecule has 0 aliphatic heterocycles. The lowest BCUT2D eigenvalue weighted by molar-refractivity contribution is 1.04. The van der Waals surface area contributed by atoms with E-state index in [-0.39, 0.29) is 5.69 Å². The average Bonchev–Trinajstić information content (AvgIpc) is 2.57. The fraction of sp³-hybridized carbons (Fsp3) is 0. The van der Waals surface area contributed by atoms with E-state index >= 15 is 0 Å². The van der Waals surface area contributed by atoms with E-state index in [0.29, 0.717) is 0 Å². The second-order valence-corrected chi connectivity index (χ2v) is 4.03. The zero-order chi connectivity index (χ0) is 9.54. The number of hydrogen-bond donors (Lipinski definition) is 0. The summed E-state index contributed by atoms with van der Waals surface area (Å²) in [6, 6.07) is 9.69. The van der Waals surface area contributed by atoms with E-state index in [4.69, 9.17) is 0 Å². The number of aromatic nitrogens is 2. The maximum absolute atomic E-state index is 11.5. The summed E-state index contributed by atoms with van der Waals surface area (Å²) in [5.41, 5.74) is 0.727. The number of hydrogen-bond acceptors (Lipinski definition) is 3. The molecule has 0 radical (unpaired) electrons. The molecule has 0 spiro atoms. The monoisotopic (exact) mass is 202 g/mol. The van der Waals surface area contributed by atoms with Crippen LogP contribution in [-0.2, 0) is 0 Å². The van der Waals surface area contributed by atoms with Gasteiger partial charge in [-0.3, -0.25) is 4.40 Å². The molecule has 0 aliphatic carbocycles. The van der Waals surface area contributed by atoms with E-state index in [1.54, 1.807) is 21.9 Å². The number of fused-ring (bicyclic) bond motifs is 3. The van der Waals surface area contributed by atoms with Gasteiger partial charge in [-0.25, -0.2) is 9.78 Å². The molecular weight excluding hydrogens is 196 g/mol. The lowest BCUT2D eigenvalue weighted by atomic mass is 10.3. The Morgan fingerprint density at radius 1 is 1.21 bits per heavy atom. The van der Waals surface area contributed by atoms with Crippen LogP contribution in [0.3, 0.4) is 0 Å². The molecule has 4 heteroatoms. The lowest BCUT2D eigenvalue weighted by Gasteiger charge is -1.91. The van der Waals surface area contributed by atoms with Crippen molar-refractivity contribution in [3.8, 4) is 0 Å². The number of benzene rings is 1. The molecule has 0 unspecified atom stereocenters. The van der Waals surface area contributed by atoms with Crippen LogP contribution in [0.15, 0.2) is 41.3 Å². The highest BCUT2D eigenvalue weighted by Crippen LogP contribution is 2.23.